The predicted molar refractivity (Wildman–Crippen MR) is 60.1 cm³/mol. The van der Waals surface area contributed by atoms with Crippen molar-refractivity contribution in [1.82, 2.24) is 0 Å². The molecule has 1 aliphatic carbocycles. The second-order valence-corrected chi connectivity index (χ2v) is 4.43. The van der Waals surface area contributed by atoms with Gasteiger partial charge >= 0.3 is 0 Å². The summed E-state index contributed by atoms with van der Waals surface area (Å²) in [6.45, 7) is 0.497. The van der Waals surface area contributed by atoms with E-state index >= 15 is 0 Å². The molecule has 94 valence electrons. The molecule has 17 heavy (non-hydrogen) atoms. The molecule has 1 aliphatic rings. The van der Waals surface area contributed by atoms with Crippen LogP contribution in [-0.2, 0) is 0 Å². The molecule has 0 heterocycles. The van der Waals surface area contributed by atoms with Crippen LogP contribution in [0.1, 0.15) is 19.3 Å². The summed E-state index contributed by atoms with van der Waals surface area (Å²) >= 11 is 0. The molecule has 1 saturated carbocycles. The Balaban J connectivity index is 2.18. The van der Waals surface area contributed by atoms with Gasteiger partial charge in [-0.2, -0.15) is 0 Å². The first-order chi connectivity index (χ1) is 8.11. The van der Waals surface area contributed by atoms with Gasteiger partial charge in [0.15, 0.2) is 11.6 Å². The quantitative estimate of drug-likeness (QED) is 0.802. The Morgan fingerprint density at radius 2 is 2.00 bits per heavy atom. The summed E-state index contributed by atoms with van der Waals surface area (Å²) in [5.41, 5.74) is 5.48. The zero-order valence-electron chi connectivity index (χ0n) is 9.35. The van der Waals surface area contributed by atoms with E-state index < -0.39 is 17.5 Å². The summed E-state index contributed by atoms with van der Waals surface area (Å²) in [4.78, 5) is 0. The van der Waals surface area contributed by atoms with Gasteiger partial charge in [-0.15, -0.1) is 0 Å². The van der Waals surface area contributed by atoms with E-state index in [9.17, 15) is 13.2 Å². The van der Waals surface area contributed by atoms with Gasteiger partial charge < -0.3 is 11.1 Å². The van der Waals surface area contributed by atoms with Crippen molar-refractivity contribution in [2.75, 3.05) is 11.9 Å². The Kier molecular flexibility index (Phi) is 3.57. The smallest absolute Gasteiger partial charge is 0.182 e. The van der Waals surface area contributed by atoms with Crippen LogP contribution in [0.5, 0.6) is 0 Å². The molecule has 2 unspecified atom stereocenters. The topological polar surface area (TPSA) is 38.0 Å². The zero-order valence-corrected chi connectivity index (χ0v) is 9.35. The highest BCUT2D eigenvalue weighted by atomic mass is 19.2. The second kappa shape index (κ2) is 4.96. The lowest BCUT2D eigenvalue weighted by Crippen LogP contribution is -2.29. The van der Waals surface area contributed by atoms with Crippen LogP contribution in [0.15, 0.2) is 12.1 Å². The molecule has 2 atom stereocenters. The lowest BCUT2D eigenvalue weighted by atomic mass is 10.0. The highest BCUT2D eigenvalue weighted by Gasteiger charge is 2.27. The van der Waals surface area contributed by atoms with Crippen LogP contribution in [0, 0.1) is 23.4 Å². The molecule has 0 bridgehead atoms. The Hall–Kier alpha value is -1.23. The molecular weight excluding hydrogens is 229 g/mol. The average Bonchev–Trinajstić information content (AvgIpc) is 2.72. The first-order valence-electron chi connectivity index (χ1n) is 5.73. The minimum absolute atomic E-state index is 0.00398. The van der Waals surface area contributed by atoms with E-state index in [1.54, 1.807) is 0 Å². The van der Waals surface area contributed by atoms with Crippen molar-refractivity contribution in [3.63, 3.8) is 0 Å². The lowest BCUT2D eigenvalue weighted by Gasteiger charge is -2.21. The summed E-state index contributed by atoms with van der Waals surface area (Å²) in [6, 6.07) is 1.51. The molecule has 0 aromatic heterocycles. The highest BCUT2D eigenvalue weighted by molar-refractivity contribution is 5.46. The van der Waals surface area contributed by atoms with E-state index in [0.29, 0.717) is 12.6 Å². The summed E-state index contributed by atoms with van der Waals surface area (Å²) in [7, 11) is 0. The van der Waals surface area contributed by atoms with Gasteiger partial charge in [0.2, 0.25) is 0 Å². The van der Waals surface area contributed by atoms with Crippen molar-refractivity contribution in [3.05, 3.63) is 29.6 Å². The summed E-state index contributed by atoms with van der Waals surface area (Å²) in [5, 5.41) is 2.86. The van der Waals surface area contributed by atoms with Crippen LogP contribution in [0.3, 0.4) is 0 Å². The Morgan fingerprint density at radius 1 is 1.24 bits per heavy atom. The van der Waals surface area contributed by atoms with Gasteiger partial charge in [-0.25, -0.2) is 13.2 Å². The zero-order chi connectivity index (χ0) is 12.4. The predicted octanol–water partition coefficient (Wildman–Crippen LogP) is 2.64. The molecule has 0 spiro atoms. The molecule has 0 saturated heterocycles. The number of hydrogen-bond donors (Lipinski definition) is 2. The first kappa shape index (κ1) is 12.2. The van der Waals surface area contributed by atoms with Crippen LogP contribution in [-0.4, -0.2) is 12.6 Å². The molecule has 5 heteroatoms. The maximum absolute atomic E-state index is 13.4. The van der Waals surface area contributed by atoms with Crippen LogP contribution >= 0.6 is 0 Å². The van der Waals surface area contributed by atoms with E-state index in [4.69, 9.17) is 5.73 Å². The number of rotatable bonds is 3. The highest BCUT2D eigenvalue weighted by Crippen LogP contribution is 2.29. The Bertz CT molecular complexity index is 409. The van der Waals surface area contributed by atoms with Crippen molar-refractivity contribution in [1.29, 1.82) is 0 Å². The van der Waals surface area contributed by atoms with Crippen molar-refractivity contribution < 1.29 is 13.2 Å². The average molecular weight is 244 g/mol. The summed E-state index contributed by atoms with van der Waals surface area (Å²) in [5.74, 6) is -2.75. The standard InChI is InChI=1S/C12H15F3N2/c13-8-4-9(14)12(15)11(5-8)17-10-3-1-2-7(10)6-16/h4-5,7,10,17H,1-3,6,16H2. The molecule has 2 nitrogen and oxygen atoms in total. The number of nitrogens with two attached hydrogens (primary N) is 1. The molecule has 0 aliphatic heterocycles. The summed E-state index contributed by atoms with van der Waals surface area (Å²) < 4.78 is 39.4. The Morgan fingerprint density at radius 3 is 2.71 bits per heavy atom. The normalized spacial score (nSPS) is 24.0. The van der Waals surface area contributed by atoms with Gasteiger partial charge in [0.25, 0.3) is 0 Å². The first-order valence-corrected chi connectivity index (χ1v) is 5.73. The van der Waals surface area contributed by atoms with E-state index in [-0.39, 0.29) is 17.6 Å². The van der Waals surface area contributed by atoms with Crippen LogP contribution in [0.4, 0.5) is 18.9 Å². The van der Waals surface area contributed by atoms with Gasteiger partial charge in [-0.1, -0.05) is 6.42 Å². The van der Waals surface area contributed by atoms with Crippen molar-refractivity contribution in [3.8, 4) is 0 Å². The van der Waals surface area contributed by atoms with Crippen LogP contribution < -0.4 is 11.1 Å². The fourth-order valence-electron chi connectivity index (χ4n) is 2.37. The fraction of sp³-hybridized carbons (Fsp3) is 0.500. The third kappa shape index (κ3) is 2.54. The number of halogens is 3. The molecule has 0 amide bonds. The van der Waals surface area contributed by atoms with E-state index in [1.165, 1.54) is 0 Å². The largest absolute Gasteiger partial charge is 0.379 e. The fourth-order valence-corrected chi connectivity index (χ4v) is 2.37. The van der Waals surface area contributed by atoms with E-state index in [1.807, 2.05) is 0 Å². The number of hydrogen-bond acceptors (Lipinski definition) is 2. The minimum atomic E-state index is -1.17. The maximum Gasteiger partial charge on any atom is 0.182 e. The van der Waals surface area contributed by atoms with Crippen LogP contribution in [0.25, 0.3) is 0 Å². The third-order valence-corrected chi connectivity index (χ3v) is 3.30. The molecule has 1 fully saturated rings. The molecule has 1 aromatic rings. The summed E-state index contributed by atoms with van der Waals surface area (Å²) in [6.07, 6.45) is 2.81. The van der Waals surface area contributed by atoms with Crippen molar-refractivity contribution in [2.24, 2.45) is 11.7 Å². The molecular formula is C12H15F3N2. The van der Waals surface area contributed by atoms with Gasteiger partial charge in [-0.05, 0) is 25.3 Å². The molecule has 2 rings (SSSR count). The number of anilines is 1. The van der Waals surface area contributed by atoms with Gasteiger partial charge in [0, 0.05) is 18.2 Å². The molecule has 1 aromatic carbocycles. The lowest BCUT2D eigenvalue weighted by molar-refractivity contribution is 0.486. The van der Waals surface area contributed by atoms with Gasteiger partial charge in [0.1, 0.15) is 5.82 Å². The Labute approximate surface area is 98.0 Å². The minimum Gasteiger partial charge on any atom is -0.379 e. The number of nitrogens with one attached hydrogen (secondary N) is 1. The molecule has 0 radical (unpaired) electrons. The van der Waals surface area contributed by atoms with Crippen molar-refractivity contribution in [2.45, 2.75) is 25.3 Å². The van der Waals surface area contributed by atoms with Crippen molar-refractivity contribution >= 4 is 5.69 Å². The monoisotopic (exact) mass is 244 g/mol. The van der Waals surface area contributed by atoms with Gasteiger partial charge in [0.05, 0.1) is 5.69 Å². The number of benzene rings is 1. The molecule has 3 N–H and O–H groups in total. The second-order valence-electron chi connectivity index (χ2n) is 4.43. The van der Waals surface area contributed by atoms with E-state index in [0.717, 1.165) is 25.3 Å². The van der Waals surface area contributed by atoms with Crippen LogP contribution in [0.2, 0.25) is 0 Å². The van der Waals surface area contributed by atoms with E-state index in [2.05, 4.69) is 5.32 Å². The third-order valence-electron chi connectivity index (χ3n) is 3.30. The SMILES string of the molecule is NCC1CCCC1Nc1cc(F)cc(F)c1F. The van der Waals surface area contributed by atoms with Gasteiger partial charge in [-0.3, -0.25) is 0 Å². The maximum atomic E-state index is 13.4.